The van der Waals surface area contributed by atoms with E-state index in [-0.39, 0.29) is 34.0 Å². The molecule has 3 aromatic rings. The molecule has 1 aromatic heterocycles. The van der Waals surface area contributed by atoms with Crippen LogP contribution in [-0.4, -0.2) is 22.7 Å². The minimum atomic E-state index is -0.738. The zero-order valence-corrected chi connectivity index (χ0v) is 16.4. The van der Waals surface area contributed by atoms with Crippen molar-refractivity contribution in [3.63, 3.8) is 0 Å². The molecule has 0 N–H and O–H groups in total. The molecule has 3 rings (SSSR count). The van der Waals surface area contributed by atoms with E-state index in [0.717, 1.165) is 0 Å². The molecule has 0 atom stereocenters. The first-order valence-electron chi connectivity index (χ1n) is 9.09. The van der Waals surface area contributed by atoms with E-state index in [4.69, 9.17) is 9.47 Å². The molecule has 0 unspecified atom stereocenters. The number of pyridine rings is 1. The summed E-state index contributed by atoms with van der Waals surface area (Å²) in [5.41, 5.74) is 0.603. The maximum Gasteiger partial charge on any atom is 0.347 e. The summed E-state index contributed by atoms with van der Waals surface area (Å²) in [4.78, 5) is 40.4. The van der Waals surface area contributed by atoms with Gasteiger partial charge >= 0.3 is 11.9 Å². The van der Waals surface area contributed by atoms with Gasteiger partial charge in [0, 0.05) is 12.4 Å². The molecule has 6 heteroatoms. The van der Waals surface area contributed by atoms with Crippen molar-refractivity contribution in [1.82, 2.24) is 4.98 Å². The van der Waals surface area contributed by atoms with E-state index in [1.807, 2.05) is 13.8 Å². The van der Waals surface area contributed by atoms with Gasteiger partial charge in [-0.25, -0.2) is 9.59 Å². The molecule has 0 aliphatic heterocycles. The van der Waals surface area contributed by atoms with Gasteiger partial charge in [-0.3, -0.25) is 9.78 Å². The van der Waals surface area contributed by atoms with E-state index in [2.05, 4.69) is 4.98 Å². The van der Waals surface area contributed by atoms with Crippen LogP contribution in [0.2, 0.25) is 0 Å². The number of ether oxygens (including phenoxy) is 2. The third-order valence-corrected chi connectivity index (χ3v) is 3.68. The molecular formula is C23H21NO5. The third-order valence-electron chi connectivity index (χ3n) is 3.68. The highest BCUT2D eigenvalue weighted by molar-refractivity contribution is 6.00. The van der Waals surface area contributed by atoms with E-state index in [0.29, 0.717) is 0 Å². The van der Waals surface area contributed by atoms with Gasteiger partial charge in [-0.05, 0) is 43.3 Å². The first-order chi connectivity index (χ1) is 14.1. The van der Waals surface area contributed by atoms with Crippen molar-refractivity contribution in [2.24, 2.45) is 0 Å². The second kappa shape index (κ2) is 10.5. The maximum atomic E-state index is 12.6. The molecular weight excluding hydrogens is 370 g/mol. The van der Waals surface area contributed by atoms with Crippen LogP contribution in [0.5, 0.6) is 11.5 Å². The van der Waals surface area contributed by atoms with E-state index in [9.17, 15) is 14.4 Å². The lowest BCUT2D eigenvalue weighted by atomic mass is 10.1. The lowest BCUT2D eigenvalue weighted by molar-refractivity contribution is 0.0706. The Morgan fingerprint density at radius 2 is 1.28 bits per heavy atom. The monoisotopic (exact) mass is 391 g/mol. The van der Waals surface area contributed by atoms with Gasteiger partial charge in [0.05, 0.1) is 11.1 Å². The molecule has 148 valence electrons. The molecule has 1 heterocycles. The van der Waals surface area contributed by atoms with Crippen molar-refractivity contribution in [3.05, 3.63) is 89.7 Å². The van der Waals surface area contributed by atoms with Crippen LogP contribution >= 0.6 is 0 Å². The molecule has 0 amide bonds. The zero-order chi connectivity index (χ0) is 21.2. The van der Waals surface area contributed by atoms with Gasteiger partial charge in [-0.15, -0.1) is 0 Å². The molecule has 6 nitrogen and oxygen atoms in total. The van der Waals surface area contributed by atoms with Crippen LogP contribution in [0, 0.1) is 0 Å². The second-order valence-corrected chi connectivity index (χ2v) is 5.57. The summed E-state index contributed by atoms with van der Waals surface area (Å²) in [5, 5.41) is 0. The maximum absolute atomic E-state index is 12.6. The number of aromatic nitrogens is 1. The van der Waals surface area contributed by atoms with E-state index in [1.54, 1.807) is 42.5 Å². The summed E-state index contributed by atoms with van der Waals surface area (Å²) in [6.07, 6.45) is 2.90. The van der Waals surface area contributed by atoms with Crippen LogP contribution in [0.3, 0.4) is 0 Å². The Morgan fingerprint density at radius 3 is 1.86 bits per heavy atom. The fourth-order valence-electron chi connectivity index (χ4n) is 2.37. The van der Waals surface area contributed by atoms with Crippen molar-refractivity contribution < 1.29 is 23.9 Å². The number of esters is 2. The predicted molar refractivity (Wildman–Crippen MR) is 108 cm³/mol. The normalized spacial score (nSPS) is 9.62. The van der Waals surface area contributed by atoms with Crippen molar-refractivity contribution in [3.8, 4) is 11.5 Å². The Labute approximate surface area is 169 Å². The first-order valence-corrected chi connectivity index (χ1v) is 9.09. The molecule has 0 saturated heterocycles. The molecule has 0 radical (unpaired) electrons. The van der Waals surface area contributed by atoms with Gasteiger partial charge in [0.15, 0.2) is 5.78 Å². The summed E-state index contributed by atoms with van der Waals surface area (Å²) < 4.78 is 10.7. The number of para-hydroxylation sites is 2. The summed E-state index contributed by atoms with van der Waals surface area (Å²) in [6.45, 7) is 5.39. The smallest absolute Gasteiger partial charge is 0.347 e. The number of carbonyl (C=O) groups is 3. The van der Waals surface area contributed by atoms with Gasteiger partial charge in [-0.2, -0.15) is 0 Å². The molecule has 0 spiro atoms. The number of ketones is 1. The highest BCUT2D eigenvalue weighted by Gasteiger charge is 2.19. The second-order valence-electron chi connectivity index (χ2n) is 5.57. The molecule has 0 aliphatic carbocycles. The lowest BCUT2D eigenvalue weighted by Gasteiger charge is -2.11. The standard InChI is InChI=1S/C21H15NO5.C2H6/c1-14(23)16-8-2-4-10-18(16)27-21(25)17-9-3-5-11-19(17)26-20(24)15-7-6-12-22-13-15;1-2/h2-13H,1H3;1-2H3. The van der Waals surface area contributed by atoms with Crippen LogP contribution in [0.25, 0.3) is 0 Å². The number of rotatable bonds is 5. The van der Waals surface area contributed by atoms with Crippen LogP contribution in [0.15, 0.2) is 73.1 Å². The Morgan fingerprint density at radius 1 is 0.724 bits per heavy atom. The Hall–Kier alpha value is -3.80. The van der Waals surface area contributed by atoms with Crippen LogP contribution in [0.4, 0.5) is 0 Å². The SMILES string of the molecule is CC.CC(=O)c1ccccc1OC(=O)c1ccccc1OC(=O)c1cccnc1. The van der Waals surface area contributed by atoms with Gasteiger partial charge < -0.3 is 9.47 Å². The van der Waals surface area contributed by atoms with E-state index in [1.165, 1.54) is 37.5 Å². The molecule has 0 bridgehead atoms. The van der Waals surface area contributed by atoms with Crippen molar-refractivity contribution >= 4 is 17.7 Å². The third kappa shape index (κ3) is 5.59. The summed E-state index contributed by atoms with van der Waals surface area (Å²) in [6, 6.07) is 15.8. The quantitative estimate of drug-likeness (QED) is 0.355. The number of hydrogen-bond acceptors (Lipinski definition) is 6. The minimum absolute atomic E-state index is 0.0525. The van der Waals surface area contributed by atoms with E-state index < -0.39 is 11.9 Å². The number of hydrogen-bond donors (Lipinski definition) is 0. The van der Waals surface area contributed by atoms with Crippen LogP contribution < -0.4 is 9.47 Å². The fourth-order valence-corrected chi connectivity index (χ4v) is 2.37. The zero-order valence-electron chi connectivity index (χ0n) is 16.4. The number of benzene rings is 2. The molecule has 29 heavy (non-hydrogen) atoms. The van der Waals surface area contributed by atoms with Gasteiger partial charge in [0.1, 0.15) is 17.1 Å². The van der Waals surface area contributed by atoms with Crippen molar-refractivity contribution in [1.29, 1.82) is 0 Å². The van der Waals surface area contributed by atoms with E-state index >= 15 is 0 Å². The highest BCUT2D eigenvalue weighted by Crippen LogP contribution is 2.24. The Bertz CT molecular complexity index is 999. The largest absolute Gasteiger partial charge is 0.422 e. The topological polar surface area (TPSA) is 82.6 Å². The fraction of sp³-hybridized carbons (Fsp3) is 0.130. The average Bonchev–Trinajstić information content (AvgIpc) is 2.76. The summed E-state index contributed by atoms with van der Waals surface area (Å²) in [7, 11) is 0. The molecule has 0 fully saturated rings. The lowest BCUT2D eigenvalue weighted by Crippen LogP contribution is -2.15. The minimum Gasteiger partial charge on any atom is -0.422 e. The molecule has 2 aromatic carbocycles. The first kappa shape index (κ1) is 21.5. The van der Waals surface area contributed by atoms with Crippen molar-refractivity contribution in [2.75, 3.05) is 0 Å². The number of nitrogens with zero attached hydrogens (tertiary/aromatic N) is 1. The van der Waals surface area contributed by atoms with Crippen LogP contribution in [0.1, 0.15) is 51.8 Å². The molecule has 0 aliphatic rings. The number of Topliss-reactive ketones (excluding diaryl/α,β-unsaturated/α-hetero) is 1. The average molecular weight is 391 g/mol. The summed E-state index contributed by atoms with van der Waals surface area (Å²) in [5.74, 6) is -1.42. The predicted octanol–water partition coefficient (Wildman–Crippen LogP) is 4.75. The van der Waals surface area contributed by atoms with Gasteiger partial charge in [0.2, 0.25) is 0 Å². The van der Waals surface area contributed by atoms with Gasteiger partial charge in [-0.1, -0.05) is 38.1 Å². The highest BCUT2D eigenvalue weighted by atomic mass is 16.5. The Balaban J connectivity index is 0.00000145. The molecule has 0 saturated carbocycles. The van der Waals surface area contributed by atoms with Crippen LogP contribution in [-0.2, 0) is 0 Å². The Kier molecular flexibility index (Phi) is 7.79. The van der Waals surface area contributed by atoms with Crippen molar-refractivity contribution in [2.45, 2.75) is 20.8 Å². The van der Waals surface area contributed by atoms with Gasteiger partial charge in [0.25, 0.3) is 0 Å². The summed E-state index contributed by atoms with van der Waals surface area (Å²) >= 11 is 0. The number of carbonyl (C=O) groups excluding carboxylic acids is 3.